The van der Waals surface area contributed by atoms with Gasteiger partial charge >= 0.3 is 0 Å². The largest absolute Gasteiger partial charge is 0.490 e. The van der Waals surface area contributed by atoms with Crippen LogP contribution in [0.15, 0.2) is 18.2 Å². The summed E-state index contributed by atoms with van der Waals surface area (Å²) in [5.74, 6) is 1.56. The second-order valence-corrected chi connectivity index (χ2v) is 5.67. The maximum atomic E-state index is 5.68. The summed E-state index contributed by atoms with van der Waals surface area (Å²) >= 11 is 1.71. The van der Waals surface area contributed by atoms with Crippen LogP contribution in [0.5, 0.6) is 11.5 Å². The van der Waals surface area contributed by atoms with Gasteiger partial charge in [0.1, 0.15) is 5.01 Å². The van der Waals surface area contributed by atoms with Gasteiger partial charge in [-0.3, -0.25) is 0 Å². The lowest BCUT2D eigenvalue weighted by Gasteiger charge is -2.11. The number of hydrogen-bond donors (Lipinski definition) is 1. The van der Waals surface area contributed by atoms with Gasteiger partial charge in [0.25, 0.3) is 0 Å². The fourth-order valence-corrected chi connectivity index (χ4v) is 3.13. The maximum Gasteiger partial charge on any atom is 0.161 e. The van der Waals surface area contributed by atoms with Crippen molar-refractivity contribution in [1.29, 1.82) is 0 Å². The van der Waals surface area contributed by atoms with Crippen molar-refractivity contribution in [2.45, 2.75) is 27.3 Å². The summed E-state index contributed by atoms with van der Waals surface area (Å²) in [6.45, 7) is 8.08. The van der Waals surface area contributed by atoms with Gasteiger partial charge in [0.05, 0.1) is 18.9 Å². The molecule has 1 aromatic carbocycles. The van der Waals surface area contributed by atoms with Crippen molar-refractivity contribution < 1.29 is 9.47 Å². The Labute approximate surface area is 130 Å². The van der Waals surface area contributed by atoms with Gasteiger partial charge in [-0.2, -0.15) is 0 Å². The number of hydrogen-bond acceptors (Lipinski definition) is 5. The average Bonchev–Trinajstić information content (AvgIpc) is 2.83. The predicted octanol–water partition coefficient (Wildman–Crippen LogP) is 3.64. The molecule has 1 N–H and O–H groups in total. The summed E-state index contributed by atoms with van der Waals surface area (Å²) in [6, 6.07) is 6.00. The Hall–Kier alpha value is -1.59. The lowest BCUT2D eigenvalue weighted by Crippen LogP contribution is -2.04. The van der Waals surface area contributed by atoms with Crippen LogP contribution in [0.2, 0.25) is 0 Å². The first-order valence-corrected chi connectivity index (χ1v) is 8.02. The second-order valence-electron chi connectivity index (χ2n) is 4.59. The zero-order valence-electron chi connectivity index (χ0n) is 13.0. The van der Waals surface area contributed by atoms with E-state index in [1.807, 2.05) is 46.0 Å². The first-order valence-electron chi connectivity index (χ1n) is 7.20. The molecule has 114 valence electrons. The maximum absolute atomic E-state index is 5.68. The molecule has 2 aromatic rings. The number of ether oxygens (including phenoxy) is 2. The lowest BCUT2D eigenvalue weighted by atomic mass is 10.2. The topological polar surface area (TPSA) is 43.4 Å². The van der Waals surface area contributed by atoms with Crippen molar-refractivity contribution in [3.63, 3.8) is 0 Å². The first kappa shape index (κ1) is 15.8. The fraction of sp³-hybridized carbons (Fsp3) is 0.438. The van der Waals surface area contributed by atoms with Gasteiger partial charge < -0.3 is 14.8 Å². The monoisotopic (exact) mass is 306 g/mol. The van der Waals surface area contributed by atoms with Crippen LogP contribution in [0.25, 0.3) is 10.6 Å². The number of aryl methyl sites for hydroxylation is 1. The Morgan fingerprint density at radius 3 is 2.52 bits per heavy atom. The van der Waals surface area contributed by atoms with Gasteiger partial charge in [-0.05, 0) is 46.0 Å². The van der Waals surface area contributed by atoms with Crippen LogP contribution in [-0.4, -0.2) is 25.2 Å². The van der Waals surface area contributed by atoms with Gasteiger partial charge in [-0.15, -0.1) is 11.3 Å². The van der Waals surface area contributed by atoms with Crippen LogP contribution in [0.3, 0.4) is 0 Å². The molecule has 0 amide bonds. The molecule has 0 radical (unpaired) electrons. The minimum atomic E-state index is 0.616. The normalized spacial score (nSPS) is 10.7. The van der Waals surface area contributed by atoms with Crippen molar-refractivity contribution in [3.05, 3.63) is 28.8 Å². The van der Waals surface area contributed by atoms with Gasteiger partial charge in [0, 0.05) is 17.0 Å². The molecule has 5 heteroatoms. The van der Waals surface area contributed by atoms with Gasteiger partial charge in [-0.25, -0.2) is 4.98 Å². The molecule has 0 fully saturated rings. The molecular formula is C16H22N2O2S. The van der Waals surface area contributed by atoms with E-state index in [-0.39, 0.29) is 0 Å². The summed E-state index contributed by atoms with van der Waals surface area (Å²) in [6.07, 6.45) is 0. The molecular weight excluding hydrogens is 284 g/mol. The summed E-state index contributed by atoms with van der Waals surface area (Å²) in [5.41, 5.74) is 2.15. The Kier molecular flexibility index (Phi) is 5.59. The minimum Gasteiger partial charge on any atom is -0.490 e. The number of aromatic nitrogens is 1. The van der Waals surface area contributed by atoms with Crippen molar-refractivity contribution in [1.82, 2.24) is 10.3 Å². The minimum absolute atomic E-state index is 0.616. The zero-order valence-corrected chi connectivity index (χ0v) is 13.8. The molecule has 0 spiro atoms. The molecule has 0 aliphatic heterocycles. The Morgan fingerprint density at radius 2 is 1.86 bits per heavy atom. The first-order chi connectivity index (χ1) is 10.2. The van der Waals surface area contributed by atoms with Crippen molar-refractivity contribution in [2.75, 3.05) is 20.3 Å². The third-order valence-electron chi connectivity index (χ3n) is 3.02. The van der Waals surface area contributed by atoms with Crippen LogP contribution >= 0.6 is 11.3 Å². The summed E-state index contributed by atoms with van der Waals surface area (Å²) in [5, 5.41) is 4.19. The van der Waals surface area contributed by atoms with E-state index in [1.54, 1.807) is 11.3 Å². The molecule has 4 nitrogen and oxygen atoms in total. The molecule has 0 aliphatic carbocycles. The molecule has 0 saturated carbocycles. The number of thiazole rings is 1. The van der Waals surface area contributed by atoms with E-state index in [1.165, 1.54) is 4.88 Å². The zero-order chi connectivity index (χ0) is 15.2. The highest BCUT2D eigenvalue weighted by Crippen LogP contribution is 2.35. The van der Waals surface area contributed by atoms with E-state index in [9.17, 15) is 0 Å². The number of rotatable bonds is 7. The summed E-state index contributed by atoms with van der Waals surface area (Å²) in [7, 11) is 1.95. The summed E-state index contributed by atoms with van der Waals surface area (Å²) < 4.78 is 11.3. The molecule has 0 aliphatic rings. The van der Waals surface area contributed by atoms with E-state index < -0.39 is 0 Å². The summed E-state index contributed by atoms with van der Waals surface area (Å²) in [4.78, 5) is 5.92. The van der Waals surface area contributed by atoms with Crippen LogP contribution in [-0.2, 0) is 6.54 Å². The van der Waals surface area contributed by atoms with E-state index in [2.05, 4.69) is 10.3 Å². The highest BCUT2D eigenvalue weighted by molar-refractivity contribution is 7.15. The lowest BCUT2D eigenvalue weighted by molar-refractivity contribution is 0.288. The molecule has 2 rings (SSSR count). The molecule has 0 saturated heterocycles. The highest BCUT2D eigenvalue weighted by Gasteiger charge is 2.12. The number of benzene rings is 1. The number of nitrogens with one attached hydrogen (secondary N) is 1. The Morgan fingerprint density at radius 1 is 1.14 bits per heavy atom. The van der Waals surface area contributed by atoms with Crippen LogP contribution in [0.1, 0.15) is 24.4 Å². The van der Waals surface area contributed by atoms with Crippen LogP contribution in [0, 0.1) is 6.92 Å². The average molecular weight is 306 g/mol. The van der Waals surface area contributed by atoms with E-state index in [0.29, 0.717) is 13.2 Å². The Balaban J connectivity index is 2.35. The molecule has 0 unspecified atom stereocenters. The molecule has 0 bridgehead atoms. The van der Waals surface area contributed by atoms with E-state index in [0.717, 1.165) is 34.3 Å². The quantitative estimate of drug-likeness (QED) is 0.848. The fourth-order valence-electron chi connectivity index (χ4n) is 2.06. The molecule has 1 aromatic heterocycles. The highest BCUT2D eigenvalue weighted by atomic mass is 32.1. The van der Waals surface area contributed by atoms with E-state index >= 15 is 0 Å². The molecule has 0 atom stereocenters. The molecule has 21 heavy (non-hydrogen) atoms. The van der Waals surface area contributed by atoms with Crippen molar-refractivity contribution in [3.8, 4) is 22.1 Å². The van der Waals surface area contributed by atoms with Crippen molar-refractivity contribution >= 4 is 11.3 Å². The van der Waals surface area contributed by atoms with Gasteiger partial charge in [-0.1, -0.05) is 0 Å². The van der Waals surface area contributed by atoms with Crippen LogP contribution < -0.4 is 14.8 Å². The van der Waals surface area contributed by atoms with Gasteiger partial charge in [0.2, 0.25) is 0 Å². The van der Waals surface area contributed by atoms with Crippen LogP contribution in [0.4, 0.5) is 0 Å². The molecule has 1 heterocycles. The SMILES string of the molecule is CCOc1ccc(-c2nc(C)c(CNC)s2)cc1OCC. The predicted molar refractivity (Wildman–Crippen MR) is 87.4 cm³/mol. The number of nitrogens with zero attached hydrogens (tertiary/aromatic N) is 1. The third kappa shape index (κ3) is 3.74. The van der Waals surface area contributed by atoms with Gasteiger partial charge in [0.15, 0.2) is 11.5 Å². The smallest absolute Gasteiger partial charge is 0.161 e. The van der Waals surface area contributed by atoms with Crippen molar-refractivity contribution in [2.24, 2.45) is 0 Å². The standard InChI is InChI=1S/C16H22N2O2S/c1-5-19-13-8-7-12(9-14(13)20-6-2)16-18-11(3)15(21-16)10-17-4/h7-9,17H,5-6,10H2,1-4H3. The third-order valence-corrected chi connectivity index (χ3v) is 4.23. The van der Waals surface area contributed by atoms with E-state index in [4.69, 9.17) is 9.47 Å². The second kappa shape index (κ2) is 7.43. The Bertz CT molecular complexity index is 596.